The van der Waals surface area contributed by atoms with E-state index in [9.17, 15) is 4.79 Å². The Hall–Kier alpha value is -3.07. The van der Waals surface area contributed by atoms with Gasteiger partial charge in [-0.15, -0.1) is 0 Å². The zero-order valence-corrected chi connectivity index (χ0v) is 18.0. The van der Waals surface area contributed by atoms with Gasteiger partial charge in [-0.2, -0.15) is 0 Å². The number of hydrogen-bond donors (Lipinski definition) is 0. The summed E-state index contributed by atoms with van der Waals surface area (Å²) in [4.78, 5) is 16.4. The number of nitrogens with zero attached hydrogens (tertiary/aromatic N) is 1. The highest BCUT2D eigenvalue weighted by atomic mass is 127. The quantitative estimate of drug-likeness (QED) is 0.186. The highest BCUT2D eigenvalue weighted by Gasteiger charge is 2.18. The van der Waals surface area contributed by atoms with Crippen molar-refractivity contribution in [3.63, 3.8) is 0 Å². The minimum atomic E-state index is -0.523. The van der Waals surface area contributed by atoms with E-state index in [1.807, 2.05) is 30.3 Å². The lowest BCUT2D eigenvalue weighted by molar-refractivity contribution is -0.133. The summed E-state index contributed by atoms with van der Waals surface area (Å²) in [5.74, 6) is 1.59. The van der Waals surface area contributed by atoms with Crippen LogP contribution in [0.15, 0.2) is 73.1 Å². The number of pyridine rings is 1. The molecule has 0 aliphatic rings. The molecule has 0 spiro atoms. The van der Waals surface area contributed by atoms with Gasteiger partial charge in [0, 0.05) is 17.8 Å². The van der Waals surface area contributed by atoms with Crippen LogP contribution >= 0.6 is 22.6 Å². The predicted molar refractivity (Wildman–Crippen MR) is 117 cm³/mol. The summed E-state index contributed by atoms with van der Waals surface area (Å²) in [5.41, 5.74) is 0.799. The molecule has 0 amide bonds. The van der Waals surface area contributed by atoms with Crippen LogP contribution in [-0.4, -0.2) is 25.2 Å². The number of aromatic nitrogens is 1. The van der Waals surface area contributed by atoms with Crippen LogP contribution in [0, 0.1) is 3.57 Å². The summed E-state index contributed by atoms with van der Waals surface area (Å²) in [7, 11) is 2.78. The number of hydrogen-bond acceptors (Lipinski definition) is 6. The van der Waals surface area contributed by atoms with Crippen molar-refractivity contribution in [1.82, 2.24) is 4.98 Å². The average molecular weight is 503 g/mol. The molecule has 0 fully saturated rings. The van der Waals surface area contributed by atoms with Crippen LogP contribution < -0.4 is 9.47 Å². The van der Waals surface area contributed by atoms with Gasteiger partial charge in [-0.25, -0.2) is 9.78 Å². The third-order valence-corrected chi connectivity index (χ3v) is 4.61. The summed E-state index contributed by atoms with van der Waals surface area (Å²) in [5, 5.41) is 0. The molecule has 0 saturated carbocycles. The molecule has 2 aromatic carbocycles. The Kier molecular flexibility index (Phi) is 7.07. The molecule has 148 valence electrons. The van der Waals surface area contributed by atoms with E-state index in [0.717, 1.165) is 3.57 Å². The highest BCUT2D eigenvalue weighted by molar-refractivity contribution is 14.1. The number of methoxy groups -OCH3 is 2. The zero-order valence-electron chi connectivity index (χ0n) is 15.8. The Labute approximate surface area is 182 Å². The van der Waals surface area contributed by atoms with Crippen molar-refractivity contribution in [2.75, 3.05) is 14.2 Å². The van der Waals surface area contributed by atoms with Gasteiger partial charge in [0.05, 0.1) is 24.1 Å². The number of carbonyl (C=O) groups is 1. The molecule has 1 aromatic heterocycles. The van der Waals surface area contributed by atoms with Crippen LogP contribution in [0.25, 0.3) is 5.57 Å². The van der Waals surface area contributed by atoms with Crippen molar-refractivity contribution in [3.8, 4) is 23.1 Å². The van der Waals surface area contributed by atoms with Gasteiger partial charge in [0.2, 0.25) is 5.88 Å². The van der Waals surface area contributed by atoms with E-state index in [4.69, 9.17) is 18.9 Å². The van der Waals surface area contributed by atoms with E-state index >= 15 is 0 Å². The van der Waals surface area contributed by atoms with Crippen molar-refractivity contribution in [2.45, 2.75) is 0 Å². The predicted octanol–water partition coefficient (Wildman–Crippen LogP) is 5.43. The molecule has 0 atom stereocenters. The minimum absolute atomic E-state index is 0.251. The lowest BCUT2D eigenvalue weighted by Crippen LogP contribution is -2.05. The Morgan fingerprint density at radius 1 is 0.966 bits per heavy atom. The van der Waals surface area contributed by atoms with Gasteiger partial charge < -0.3 is 18.9 Å². The second-order valence-corrected chi connectivity index (χ2v) is 6.89. The SMILES string of the molecule is CO/C=C(/C(=O)OC)c1ccccc1Oc1cccc(Oc2ncccc2I)c1. The Morgan fingerprint density at radius 2 is 1.72 bits per heavy atom. The second kappa shape index (κ2) is 9.92. The fourth-order valence-corrected chi connectivity index (χ4v) is 2.97. The largest absolute Gasteiger partial charge is 0.503 e. The summed E-state index contributed by atoms with van der Waals surface area (Å²) in [6, 6.07) is 18.1. The van der Waals surface area contributed by atoms with Crippen LogP contribution in [0.4, 0.5) is 0 Å². The smallest absolute Gasteiger partial charge is 0.341 e. The molecular formula is C22H18INO5. The van der Waals surface area contributed by atoms with E-state index in [1.54, 1.807) is 36.5 Å². The summed E-state index contributed by atoms with van der Waals surface area (Å²) >= 11 is 2.16. The fraction of sp³-hybridized carbons (Fsp3) is 0.0909. The van der Waals surface area contributed by atoms with Gasteiger partial charge in [-0.3, -0.25) is 0 Å². The number of benzene rings is 2. The molecule has 0 saturated heterocycles. The van der Waals surface area contributed by atoms with Crippen LogP contribution in [0.1, 0.15) is 5.56 Å². The molecule has 7 heteroatoms. The molecule has 0 unspecified atom stereocenters. The van der Waals surface area contributed by atoms with Crippen LogP contribution in [0.5, 0.6) is 23.1 Å². The van der Waals surface area contributed by atoms with E-state index in [-0.39, 0.29) is 5.57 Å². The number of rotatable bonds is 7. The Bertz CT molecular complexity index is 1030. The zero-order chi connectivity index (χ0) is 20.6. The van der Waals surface area contributed by atoms with E-state index in [1.165, 1.54) is 20.5 Å². The van der Waals surface area contributed by atoms with Crippen molar-refractivity contribution in [3.05, 3.63) is 82.3 Å². The van der Waals surface area contributed by atoms with Crippen LogP contribution in [-0.2, 0) is 14.3 Å². The molecule has 3 rings (SSSR count). The Morgan fingerprint density at radius 3 is 2.45 bits per heavy atom. The number of halogens is 1. The monoisotopic (exact) mass is 503 g/mol. The van der Waals surface area contributed by atoms with E-state index in [2.05, 4.69) is 27.6 Å². The van der Waals surface area contributed by atoms with Crippen molar-refractivity contribution in [1.29, 1.82) is 0 Å². The van der Waals surface area contributed by atoms with Crippen molar-refractivity contribution >= 4 is 34.1 Å². The van der Waals surface area contributed by atoms with Gasteiger partial charge in [-0.1, -0.05) is 24.3 Å². The lowest BCUT2D eigenvalue weighted by atomic mass is 10.1. The van der Waals surface area contributed by atoms with Crippen molar-refractivity contribution < 1.29 is 23.7 Å². The maximum atomic E-state index is 12.1. The number of ether oxygens (including phenoxy) is 4. The van der Waals surface area contributed by atoms with Gasteiger partial charge in [0.25, 0.3) is 0 Å². The molecule has 0 N–H and O–H groups in total. The van der Waals surface area contributed by atoms with Crippen molar-refractivity contribution in [2.24, 2.45) is 0 Å². The molecule has 0 aliphatic heterocycles. The highest BCUT2D eigenvalue weighted by Crippen LogP contribution is 2.33. The molecule has 1 heterocycles. The Balaban J connectivity index is 1.89. The molecule has 0 radical (unpaired) electrons. The van der Waals surface area contributed by atoms with Gasteiger partial charge in [0.15, 0.2) is 0 Å². The summed E-state index contributed by atoms with van der Waals surface area (Å²) in [6.45, 7) is 0. The molecule has 3 aromatic rings. The third kappa shape index (κ3) is 5.26. The molecule has 6 nitrogen and oxygen atoms in total. The number of carbonyl (C=O) groups excluding carboxylic acids is 1. The molecule has 0 aliphatic carbocycles. The van der Waals surface area contributed by atoms with E-state index < -0.39 is 5.97 Å². The molecule has 0 bridgehead atoms. The number of para-hydroxylation sites is 1. The first-order chi connectivity index (χ1) is 14.1. The third-order valence-electron chi connectivity index (χ3n) is 3.79. The normalized spacial score (nSPS) is 10.9. The molecular weight excluding hydrogens is 485 g/mol. The van der Waals surface area contributed by atoms with Crippen LogP contribution in [0.3, 0.4) is 0 Å². The van der Waals surface area contributed by atoms with E-state index in [0.29, 0.717) is 28.7 Å². The summed E-state index contributed by atoms with van der Waals surface area (Å²) in [6.07, 6.45) is 3.00. The van der Waals surface area contributed by atoms with Gasteiger partial charge in [-0.05, 0) is 52.9 Å². The molecule has 29 heavy (non-hydrogen) atoms. The average Bonchev–Trinajstić information content (AvgIpc) is 2.74. The first-order valence-electron chi connectivity index (χ1n) is 8.59. The summed E-state index contributed by atoms with van der Waals surface area (Å²) < 4.78 is 22.7. The first kappa shape index (κ1) is 20.7. The van der Waals surface area contributed by atoms with Gasteiger partial charge in [0.1, 0.15) is 22.8 Å². The maximum absolute atomic E-state index is 12.1. The maximum Gasteiger partial charge on any atom is 0.341 e. The number of esters is 1. The topological polar surface area (TPSA) is 66.9 Å². The lowest BCUT2D eigenvalue weighted by Gasteiger charge is -2.13. The van der Waals surface area contributed by atoms with Gasteiger partial charge >= 0.3 is 5.97 Å². The minimum Gasteiger partial charge on any atom is -0.503 e. The fourth-order valence-electron chi connectivity index (χ4n) is 2.51. The standard InChI is InChI=1S/C22H18INO5/c1-26-14-18(22(25)27-2)17-9-3-4-11-20(17)28-15-7-5-8-16(13-15)29-21-19(23)10-6-12-24-21/h3-14H,1-2H3/b18-14+. The van der Waals surface area contributed by atoms with Crippen LogP contribution in [0.2, 0.25) is 0 Å². The first-order valence-corrected chi connectivity index (χ1v) is 9.67. The second-order valence-electron chi connectivity index (χ2n) is 5.72.